The summed E-state index contributed by atoms with van der Waals surface area (Å²) < 4.78 is 17.9. The highest BCUT2D eigenvalue weighted by atomic mass is 16.5. The maximum Gasteiger partial charge on any atom is 0.230 e. The topological polar surface area (TPSA) is 75.7 Å². The van der Waals surface area contributed by atoms with E-state index in [0.29, 0.717) is 24.1 Å². The zero-order valence-electron chi connectivity index (χ0n) is 19.5. The second kappa shape index (κ2) is 8.88. The first-order valence-electron chi connectivity index (χ1n) is 11.1. The fourth-order valence-electron chi connectivity index (χ4n) is 4.15. The minimum absolute atomic E-state index is 0.480. The molecule has 1 saturated heterocycles. The van der Waals surface area contributed by atoms with Gasteiger partial charge in [0.25, 0.3) is 0 Å². The average molecular weight is 448 g/mol. The summed E-state index contributed by atoms with van der Waals surface area (Å²) in [5.74, 6) is 2.49. The number of aromatic amines is 1. The molecule has 3 heterocycles. The molecule has 1 N–H and O–H groups in total. The van der Waals surface area contributed by atoms with E-state index in [-0.39, 0.29) is 0 Å². The van der Waals surface area contributed by atoms with Crippen LogP contribution in [0.15, 0.2) is 36.7 Å². The van der Waals surface area contributed by atoms with Gasteiger partial charge in [-0.15, -0.1) is 0 Å². The average Bonchev–Trinajstić information content (AvgIpc) is 3.11. The maximum atomic E-state index is 6.19. The predicted molar refractivity (Wildman–Crippen MR) is 129 cm³/mol. The SMILES string of the molecule is COc1cc2c(Oc3ccc4[nH]c(C)c(C)c4c3)ncnc2cc1OCN1CCN(C)CC1. The van der Waals surface area contributed by atoms with Crippen LogP contribution < -0.4 is 14.2 Å². The summed E-state index contributed by atoms with van der Waals surface area (Å²) in [6.45, 7) is 8.74. The van der Waals surface area contributed by atoms with Gasteiger partial charge in [0.05, 0.1) is 18.0 Å². The number of ether oxygens (including phenoxy) is 3. The summed E-state index contributed by atoms with van der Waals surface area (Å²) in [5, 5.41) is 1.91. The molecule has 4 aromatic rings. The zero-order chi connectivity index (χ0) is 22.9. The van der Waals surface area contributed by atoms with Gasteiger partial charge in [-0.1, -0.05) is 0 Å². The number of hydrogen-bond acceptors (Lipinski definition) is 7. The first kappa shape index (κ1) is 21.5. The number of fused-ring (bicyclic) bond motifs is 2. The summed E-state index contributed by atoms with van der Waals surface area (Å²) in [7, 11) is 3.78. The number of hydrogen-bond donors (Lipinski definition) is 1. The van der Waals surface area contributed by atoms with Crippen molar-refractivity contribution in [3.8, 4) is 23.1 Å². The van der Waals surface area contributed by atoms with Crippen LogP contribution in [0.1, 0.15) is 11.3 Å². The maximum absolute atomic E-state index is 6.19. The molecule has 0 atom stereocenters. The number of H-pyrrole nitrogens is 1. The van der Waals surface area contributed by atoms with E-state index in [4.69, 9.17) is 14.2 Å². The second-order valence-corrected chi connectivity index (χ2v) is 8.58. The number of aromatic nitrogens is 3. The normalized spacial score (nSPS) is 15.3. The van der Waals surface area contributed by atoms with E-state index in [1.165, 1.54) is 11.9 Å². The van der Waals surface area contributed by atoms with Crippen LogP contribution in [0.3, 0.4) is 0 Å². The van der Waals surface area contributed by atoms with Gasteiger partial charge in [0, 0.05) is 48.8 Å². The number of likely N-dealkylation sites (N-methyl/N-ethyl adjacent to an activating group) is 1. The molecule has 1 fully saturated rings. The molecule has 0 aliphatic carbocycles. The molecule has 0 saturated carbocycles. The Kier molecular flexibility index (Phi) is 5.78. The van der Waals surface area contributed by atoms with Crippen molar-refractivity contribution in [1.29, 1.82) is 0 Å². The Labute approximate surface area is 193 Å². The van der Waals surface area contributed by atoms with Gasteiger partial charge in [0.2, 0.25) is 5.88 Å². The van der Waals surface area contributed by atoms with Gasteiger partial charge in [-0.25, -0.2) is 9.97 Å². The number of benzene rings is 2. The quantitative estimate of drug-likeness (QED) is 0.477. The molecule has 8 heteroatoms. The molecule has 0 radical (unpaired) electrons. The second-order valence-electron chi connectivity index (χ2n) is 8.58. The lowest BCUT2D eigenvalue weighted by Crippen LogP contribution is -2.45. The molecule has 2 aromatic carbocycles. The van der Waals surface area contributed by atoms with Crippen LogP contribution in [0.4, 0.5) is 0 Å². The molecule has 5 rings (SSSR count). The minimum Gasteiger partial charge on any atom is -0.493 e. The highest BCUT2D eigenvalue weighted by Crippen LogP contribution is 2.37. The standard InChI is InChI=1S/C25H29N5O3/c1-16-17(2)28-21-6-5-18(11-19(16)21)33-25-20-12-23(31-4)24(13-22(20)26-14-27-25)32-15-30-9-7-29(3)8-10-30/h5-6,11-14,28H,7-10,15H2,1-4H3. The van der Waals surface area contributed by atoms with E-state index in [2.05, 4.69) is 45.6 Å². The number of nitrogens with zero attached hydrogens (tertiary/aromatic N) is 4. The number of nitrogens with one attached hydrogen (secondary N) is 1. The van der Waals surface area contributed by atoms with Crippen LogP contribution >= 0.6 is 0 Å². The Morgan fingerprint density at radius 3 is 2.58 bits per heavy atom. The molecular weight excluding hydrogens is 418 g/mol. The van der Waals surface area contributed by atoms with Crippen LogP contribution in [0.2, 0.25) is 0 Å². The van der Waals surface area contributed by atoms with Crippen LogP contribution in [0.25, 0.3) is 21.8 Å². The van der Waals surface area contributed by atoms with Crippen LogP contribution in [0.5, 0.6) is 23.1 Å². The van der Waals surface area contributed by atoms with E-state index in [1.54, 1.807) is 7.11 Å². The molecule has 1 aliphatic heterocycles. The first-order valence-corrected chi connectivity index (χ1v) is 11.1. The van der Waals surface area contributed by atoms with Gasteiger partial charge in [-0.2, -0.15) is 0 Å². The van der Waals surface area contributed by atoms with Crippen molar-refractivity contribution >= 4 is 21.8 Å². The lowest BCUT2D eigenvalue weighted by Gasteiger charge is -2.32. The third-order valence-electron chi connectivity index (χ3n) is 6.38. The molecular formula is C25H29N5O3. The van der Waals surface area contributed by atoms with E-state index >= 15 is 0 Å². The van der Waals surface area contributed by atoms with Gasteiger partial charge in [0.15, 0.2) is 11.5 Å². The first-order chi connectivity index (χ1) is 16.0. The van der Waals surface area contributed by atoms with Crippen LogP contribution in [-0.4, -0.2) is 71.8 Å². The molecule has 2 aromatic heterocycles. The molecule has 1 aliphatic rings. The van der Waals surface area contributed by atoms with Gasteiger partial charge >= 0.3 is 0 Å². The molecule has 0 unspecified atom stereocenters. The van der Waals surface area contributed by atoms with E-state index in [1.807, 2.05) is 30.3 Å². The Morgan fingerprint density at radius 2 is 1.79 bits per heavy atom. The van der Waals surface area contributed by atoms with Gasteiger partial charge < -0.3 is 24.1 Å². The van der Waals surface area contributed by atoms with Gasteiger partial charge in [0.1, 0.15) is 18.8 Å². The third kappa shape index (κ3) is 4.31. The summed E-state index contributed by atoms with van der Waals surface area (Å²) in [6, 6.07) is 9.78. The number of methoxy groups -OCH3 is 1. The molecule has 0 bridgehead atoms. The third-order valence-corrected chi connectivity index (χ3v) is 6.38. The summed E-state index contributed by atoms with van der Waals surface area (Å²) in [4.78, 5) is 16.8. The van der Waals surface area contributed by atoms with Gasteiger partial charge in [-0.05, 0) is 50.7 Å². The highest BCUT2D eigenvalue weighted by molar-refractivity contribution is 5.88. The van der Waals surface area contributed by atoms with Crippen molar-refractivity contribution in [1.82, 2.24) is 24.8 Å². The molecule has 172 valence electrons. The predicted octanol–water partition coefficient (Wildman–Crippen LogP) is 4.11. The van der Waals surface area contributed by atoms with E-state index < -0.39 is 0 Å². The lowest BCUT2D eigenvalue weighted by molar-refractivity contribution is 0.0747. The smallest absolute Gasteiger partial charge is 0.230 e. The Hall–Kier alpha value is -3.36. The van der Waals surface area contributed by atoms with Crippen molar-refractivity contribution in [2.45, 2.75) is 13.8 Å². The monoisotopic (exact) mass is 447 g/mol. The number of piperazine rings is 1. The Morgan fingerprint density at radius 1 is 0.970 bits per heavy atom. The molecule has 33 heavy (non-hydrogen) atoms. The Bertz CT molecular complexity index is 1290. The van der Waals surface area contributed by atoms with Crippen molar-refractivity contribution in [2.24, 2.45) is 0 Å². The van der Waals surface area contributed by atoms with Crippen LogP contribution in [-0.2, 0) is 0 Å². The number of rotatable bonds is 6. The van der Waals surface area contributed by atoms with Crippen molar-refractivity contribution in [2.75, 3.05) is 47.1 Å². The van der Waals surface area contributed by atoms with E-state index in [0.717, 1.165) is 59.4 Å². The van der Waals surface area contributed by atoms with Crippen molar-refractivity contribution < 1.29 is 14.2 Å². The lowest BCUT2D eigenvalue weighted by atomic mass is 10.1. The van der Waals surface area contributed by atoms with E-state index in [9.17, 15) is 0 Å². The fourth-order valence-corrected chi connectivity index (χ4v) is 4.15. The van der Waals surface area contributed by atoms with Crippen LogP contribution in [0, 0.1) is 13.8 Å². The fraction of sp³-hybridized carbons (Fsp3) is 0.360. The van der Waals surface area contributed by atoms with Gasteiger partial charge in [-0.3, -0.25) is 4.90 Å². The minimum atomic E-state index is 0.480. The summed E-state index contributed by atoms with van der Waals surface area (Å²) in [6.07, 6.45) is 1.51. The summed E-state index contributed by atoms with van der Waals surface area (Å²) in [5.41, 5.74) is 4.20. The number of aryl methyl sites for hydroxylation is 2. The molecule has 8 nitrogen and oxygen atoms in total. The Balaban J connectivity index is 1.41. The largest absolute Gasteiger partial charge is 0.493 e. The van der Waals surface area contributed by atoms with Crippen molar-refractivity contribution in [3.63, 3.8) is 0 Å². The zero-order valence-corrected chi connectivity index (χ0v) is 19.5. The molecule has 0 amide bonds. The summed E-state index contributed by atoms with van der Waals surface area (Å²) >= 11 is 0. The molecule has 0 spiro atoms. The van der Waals surface area contributed by atoms with Crippen molar-refractivity contribution in [3.05, 3.63) is 47.9 Å². The highest BCUT2D eigenvalue weighted by Gasteiger charge is 2.17.